The number of nitrogens with zero attached hydrogens (tertiary/aromatic N) is 2. The molecule has 1 unspecified atom stereocenters. The molecule has 1 saturated heterocycles. The summed E-state index contributed by atoms with van der Waals surface area (Å²) in [5.74, 6) is 0.0799. The number of hydrogen-bond donors (Lipinski definition) is 1. The van der Waals surface area contributed by atoms with Crippen LogP contribution in [0.15, 0.2) is 54.6 Å². The third-order valence-corrected chi connectivity index (χ3v) is 5.48. The number of aromatic nitrogens is 1. The molecule has 4 rings (SSSR count). The highest BCUT2D eigenvalue weighted by Crippen LogP contribution is 2.24. The van der Waals surface area contributed by atoms with E-state index in [1.54, 1.807) is 0 Å². The first-order valence-electron chi connectivity index (χ1n) is 8.98. The number of carbonyl (C=O) groups is 1. The fraction of sp³-hybridized carbons (Fsp3) is 0.286. The van der Waals surface area contributed by atoms with E-state index in [0.29, 0.717) is 11.7 Å². The molecular weight excluding hydrogens is 346 g/mol. The molecule has 0 aliphatic carbocycles. The van der Waals surface area contributed by atoms with Crippen molar-refractivity contribution in [2.45, 2.75) is 13.0 Å². The van der Waals surface area contributed by atoms with Gasteiger partial charge in [0.2, 0.25) is 0 Å². The third-order valence-electron chi connectivity index (χ3n) is 5.24. The van der Waals surface area contributed by atoms with Crippen LogP contribution in [0.1, 0.15) is 29.0 Å². The Morgan fingerprint density at radius 3 is 2.54 bits per heavy atom. The number of para-hydroxylation sites is 1. The molecule has 1 aliphatic heterocycles. The first-order chi connectivity index (χ1) is 12.6. The van der Waals surface area contributed by atoms with E-state index in [1.807, 2.05) is 53.4 Å². The van der Waals surface area contributed by atoms with E-state index in [1.165, 1.54) is 5.56 Å². The number of piperazine rings is 1. The molecule has 3 aromatic rings. The van der Waals surface area contributed by atoms with Crippen molar-refractivity contribution in [3.63, 3.8) is 0 Å². The summed E-state index contributed by atoms with van der Waals surface area (Å²) < 4.78 is 0. The van der Waals surface area contributed by atoms with Crippen molar-refractivity contribution in [2.75, 3.05) is 26.2 Å². The largest absolute Gasteiger partial charge is 0.351 e. The summed E-state index contributed by atoms with van der Waals surface area (Å²) in [5, 5.41) is 1.84. The van der Waals surface area contributed by atoms with E-state index in [-0.39, 0.29) is 5.91 Å². The Balaban J connectivity index is 1.42. The average molecular weight is 368 g/mol. The van der Waals surface area contributed by atoms with Crippen LogP contribution >= 0.6 is 11.6 Å². The SMILES string of the molecule is CC(c1cccc(Cl)c1)N1CCN(C(=O)c2cc3ccccc3[nH]2)CC1. The molecule has 26 heavy (non-hydrogen) atoms. The molecule has 1 aromatic heterocycles. The normalized spacial score (nSPS) is 16.8. The number of carbonyl (C=O) groups excluding carboxylic acids is 1. The molecule has 0 spiro atoms. The Hall–Kier alpha value is -2.30. The van der Waals surface area contributed by atoms with Gasteiger partial charge in [-0.2, -0.15) is 0 Å². The van der Waals surface area contributed by atoms with Gasteiger partial charge in [-0.1, -0.05) is 41.9 Å². The molecule has 0 radical (unpaired) electrons. The molecule has 0 bridgehead atoms. The second kappa shape index (κ2) is 7.14. The molecule has 1 N–H and O–H groups in total. The van der Waals surface area contributed by atoms with Crippen molar-refractivity contribution in [3.8, 4) is 0 Å². The minimum Gasteiger partial charge on any atom is -0.351 e. The third kappa shape index (κ3) is 3.35. The summed E-state index contributed by atoms with van der Waals surface area (Å²) in [6, 6.07) is 18.2. The van der Waals surface area contributed by atoms with E-state index in [4.69, 9.17) is 11.6 Å². The maximum Gasteiger partial charge on any atom is 0.270 e. The Labute approximate surface area is 158 Å². The predicted molar refractivity (Wildman–Crippen MR) is 106 cm³/mol. The van der Waals surface area contributed by atoms with E-state index < -0.39 is 0 Å². The number of fused-ring (bicyclic) bond motifs is 1. The van der Waals surface area contributed by atoms with Gasteiger partial charge in [0.15, 0.2) is 0 Å². The van der Waals surface area contributed by atoms with Crippen molar-refractivity contribution < 1.29 is 4.79 Å². The lowest BCUT2D eigenvalue weighted by molar-refractivity contribution is 0.0577. The zero-order valence-corrected chi connectivity index (χ0v) is 15.5. The standard InChI is InChI=1S/C21H22ClN3O/c1-15(16-6-4-7-18(22)13-16)24-9-11-25(12-10-24)21(26)20-14-17-5-2-3-8-19(17)23-20/h2-8,13-15,23H,9-12H2,1H3. The van der Waals surface area contributed by atoms with Crippen LogP contribution in [0.5, 0.6) is 0 Å². The van der Waals surface area contributed by atoms with Gasteiger partial charge in [0.25, 0.3) is 5.91 Å². The zero-order chi connectivity index (χ0) is 18.1. The van der Waals surface area contributed by atoms with Crippen LogP contribution in [0.2, 0.25) is 5.02 Å². The molecule has 2 aromatic carbocycles. The number of nitrogens with one attached hydrogen (secondary N) is 1. The van der Waals surface area contributed by atoms with Gasteiger partial charge in [-0.3, -0.25) is 9.69 Å². The number of rotatable bonds is 3. The number of aromatic amines is 1. The lowest BCUT2D eigenvalue weighted by Crippen LogP contribution is -2.49. The van der Waals surface area contributed by atoms with Crippen LogP contribution < -0.4 is 0 Å². The van der Waals surface area contributed by atoms with Gasteiger partial charge >= 0.3 is 0 Å². The van der Waals surface area contributed by atoms with E-state index >= 15 is 0 Å². The van der Waals surface area contributed by atoms with Crippen molar-refractivity contribution in [3.05, 3.63) is 70.9 Å². The smallest absolute Gasteiger partial charge is 0.270 e. The molecule has 2 heterocycles. The van der Waals surface area contributed by atoms with E-state index in [2.05, 4.69) is 22.9 Å². The summed E-state index contributed by atoms with van der Waals surface area (Å²) in [6.07, 6.45) is 0. The molecular formula is C21H22ClN3O. The molecule has 1 aliphatic rings. The first kappa shape index (κ1) is 17.1. The van der Waals surface area contributed by atoms with Crippen LogP contribution in [0.3, 0.4) is 0 Å². The maximum absolute atomic E-state index is 12.8. The van der Waals surface area contributed by atoms with E-state index in [9.17, 15) is 4.79 Å². The molecule has 4 nitrogen and oxygen atoms in total. The lowest BCUT2D eigenvalue weighted by Gasteiger charge is -2.38. The highest BCUT2D eigenvalue weighted by atomic mass is 35.5. The molecule has 134 valence electrons. The van der Waals surface area contributed by atoms with Gasteiger partial charge in [-0.25, -0.2) is 0 Å². The predicted octanol–water partition coefficient (Wildman–Crippen LogP) is 4.34. The van der Waals surface area contributed by atoms with Crippen molar-refractivity contribution in [2.24, 2.45) is 0 Å². The summed E-state index contributed by atoms with van der Waals surface area (Å²) in [7, 11) is 0. The lowest BCUT2D eigenvalue weighted by atomic mass is 10.1. The second-order valence-corrected chi connectivity index (χ2v) is 7.27. The Kier molecular flexibility index (Phi) is 4.70. The van der Waals surface area contributed by atoms with Gasteiger partial charge in [-0.05, 0) is 36.8 Å². The highest BCUT2D eigenvalue weighted by molar-refractivity contribution is 6.30. The summed E-state index contributed by atoms with van der Waals surface area (Å²) in [5.41, 5.74) is 2.89. The van der Waals surface area contributed by atoms with Gasteiger partial charge in [0.05, 0.1) is 0 Å². The van der Waals surface area contributed by atoms with Crippen molar-refractivity contribution in [1.29, 1.82) is 0 Å². The quantitative estimate of drug-likeness (QED) is 0.747. The van der Waals surface area contributed by atoms with Crippen molar-refractivity contribution >= 4 is 28.4 Å². The van der Waals surface area contributed by atoms with Crippen LogP contribution in [-0.4, -0.2) is 46.9 Å². The molecule has 1 amide bonds. The Morgan fingerprint density at radius 2 is 1.81 bits per heavy atom. The minimum absolute atomic E-state index is 0.0799. The molecule has 5 heteroatoms. The minimum atomic E-state index is 0.0799. The van der Waals surface area contributed by atoms with Crippen LogP contribution in [-0.2, 0) is 0 Å². The highest BCUT2D eigenvalue weighted by Gasteiger charge is 2.26. The number of halogens is 1. The maximum atomic E-state index is 12.8. The van der Waals surface area contributed by atoms with E-state index in [0.717, 1.165) is 42.1 Å². The van der Waals surface area contributed by atoms with Crippen LogP contribution in [0, 0.1) is 0 Å². The monoisotopic (exact) mass is 367 g/mol. The van der Waals surface area contributed by atoms with Crippen LogP contribution in [0.4, 0.5) is 0 Å². The van der Waals surface area contributed by atoms with Crippen molar-refractivity contribution in [1.82, 2.24) is 14.8 Å². The van der Waals surface area contributed by atoms with Gasteiger partial charge in [0.1, 0.15) is 5.69 Å². The molecule has 1 atom stereocenters. The summed E-state index contributed by atoms with van der Waals surface area (Å²) in [4.78, 5) is 20.4. The fourth-order valence-electron chi connectivity index (χ4n) is 3.65. The van der Waals surface area contributed by atoms with Gasteiger partial charge in [0, 0.05) is 48.1 Å². The topological polar surface area (TPSA) is 39.3 Å². The summed E-state index contributed by atoms with van der Waals surface area (Å²) in [6.45, 7) is 5.39. The average Bonchev–Trinajstić information content (AvgIpc) is 3.11. The number of benzene rings is 2. The van der Waals surface area contributed by atoms with Gasteiger partial charge < -0.3 is 9.88 Å². The zero-order valence-electron chi connectivity index (χ0n) is 14.8. The first-order valence-corrected chi connectivity index (χ1v) is 9.36. The molecule has 0 saturated carbocycles. The summed E-state index contributed by atoms with van der Waals surface area (Å²) >= 11 is 6.12. The Morgan fingerprint density at radius 1 is 1.04 bits per heavy atom. The second-order valence-electron chi connectivity index (χ2n) is 6.83. The van der Waals surface area contributed by atoms with Crippen LogP contribution in [0.25, 0.3) is 10.9 Å². The number of H-pyrrole nitrogens is 1. The fourth-order valence-corrected chi connectivity index (χ4v) is 3.85. The molecule has 1 fully saturated rings. The number of amides is 1. The number of hydrogen-bond acceptors (Lipinski definition) is 2. The van der Waals surface area contributed by atoms with Gasteiger partial charge in [-0.15, -0.1) is 0 Å². The Bertz CT molecular complexity index is 895.